The number of halogens is 6. The number of methoxy groups -OCH3 is 1. The molecule has 1 heterocycles. The van der Waals surface area contributed by atoms with Crippen molar-refractivity contribution in [1.82, 2.24) is 4.98 Å². The molecule has 32 heavy (non-hydrogen) atoms. The van der Waals surface area contributed by atoms with Gasteiger partial charge >= 0.3 is 6.18 Å². The van der Waals surface area contributed by atoms with Crippen molar-refractivity contribution >= 4 is 10.9 Å². The minimum Gasteiger partial charge on any atom is -0.497 e. The van der Waals surface area contributed by atoms with Gasteiger partial charge in [-0.2, -0.15) is 13.2 Å². The van der Waals surface area contributed by atoms with E-state index in [4.69, 9.17) is 4.74 Å². The Labute approximate surface area is 179 Å². The van der Waals surface area contributed by atoms with Crippen LogP contribution in [-0.2, 0) is 12.6 Å². The summed E-state index contributed by atoms with van der Waals surface area (Å²) in [4.78, 5) is 3.98. The van der Waals surface area contributed by atoms with Gasteiger partial charge in [0.25, 0.3) is 0 Å². The molecule has 1 aromatic heterocycles. The predicted octanol–water partition coefficient (Wildman–Crippen LogP) is 6.94. The van der Waals surface area contributed by atoms with Crippen LogP contribution in [0.25, 0.3) is 22.0 Å². The average Bonchev–Trinajstić information content (AvgIpc) is 2.74. The van der Waals surface area contributed by atoms with Gasteiger partial charge in [0, 0.05) is 35.7 Å². The lowest BCUT2D eigenvalue weighted by Gasteiger charge is -2.17. The summed E-state index contributed by atoms with van der Waals surface area (Å²) < 4.78 is 87.9. The summed E-state index contributed by atoms with van der Waals surface area (Å²) in [6.45, 7) is 0. The Hall–Kier alpha value is -3.55. The van der Waals surface area contributed by atoms with E-state index in [1.807, 2.05) is 0 Å². The molecule has 164 valence electrons. The Morgan fingerprint density at radius 3 is 2.25 bits per heavy atom. The quantitative estimate of drug-likeness (QED) is 0.316. The van der Waals surface area contributed by atoms with Crippen LogP contribution in [0.15, 0.2) is 60.8 Å². The Morgan fingerprint density at radius 2 is 1.59 bits per heavy atom. The van der Waals surface area contributed by atoms with Crippen LogP contribution < -0.4 is 4.74 Å². The van der Waals surface area contributed by atoms with E-state index in [1.165, 1.54) is 19.2 Å². The maximum Gasteiger partial charge on any atom is 0.418 e. The molecule has 0 unspecified atom stereocenters. The molecule has 0 amide bonds. The molecule has 0 aliphatic rings. The molecule has 0 aliphatic carbocycles. The molecule has 0 atom stereocenters. The number of benzene rings is 3. The number of fused-ring (bicyclic) bond motifs is 1. The predicted molar refractivity (Wildman–Crippen MR) is 108 cm³/mol. The SMILES string of the molecule is COc1cccc(-c2c(Cc3c(F)cc(F)cc3F)cnc3c(C(F)(F)F)cccc23)c1. The van der Waals surface area contributed by atoms with Crippen molar-refractivity contribution in [3.05, 3.63) is 94.9 Å². The van der Waals surface area contributed by atoms with Crippen LogP contribution >= 0.6 is 0 Å². The maximum atomic E-state index is 14.3. The fourth-order valence-electron chi connectivity index (χ4n) is 3.68. The number of hydrogen-bond donors (Lipinski definition) is 0. The monoisotopic (exact) mass is 447 g/mol. The van der Waals surface area contributed by atoms with Crippen LogP contribution in [0.2, 0.25) is 0 Å². The largest absolute Gasteiger partial charge is 0.497 e. The van der Waals surface area contributed by atoms with E-state index in [1.54, 1.807) is 24.3 Å². The van der Waals surface area contributed by atoms with E-state index < -0.39 is 34.8 Å². The van der Waals surface area contributed by atoms with E-state index in [-0.39, 0.29) is 22.9 Å². The highest BCUT2D eigenvalue weighted by atomic mass is 19.4. The Morgan fingerprint density at radius 1 is 0.906 bits per heavy atom. The lowest BCUT2D eigenvalue weighted by molar-refractivity contribution is -0.136. The second-order valence-electron chi connectivity index (χ2n) is 7.11. The first-order valence-corrected chi connectivity index (χ1v) is 9.44. The number of ether oxygens (including phenoxy) is 1. The van der Waals surface area contributed by atoms with Crippen molar-refractivity contribution in [1.29, 1.82) is 0 Å². The van der Waals surface area contributed by atoms with Gasteiger partial charge < -0.3 is 4.74 Å². The summed E-state index contributed by atoms with van der Waals surface area (Å²) in [5.41, 5.74) is -0.554. The molecule has 0 radical (unpaired) electrons. The number of aromatic nitrogens is 1. The zero-order valence-electron chi connectivity index (χ0n) is 16.6. The second-order valence-corrected chi connectivity index (χ2v) is 7.11. The van der Waals surface area contributed by atoms with Crippen LogP contribution in [0.5, 0.6) is 5.75 Å². The zero-order valence-corrected chi connectivity index (χ0v) is 16.6. The minimum absolute atomic E-state index is 0.161. The van der Waals surface area contributed by atoms with E-state index in [2.05, 4.69) is 4.98 Å². The first-order valence-electron chi connectivity index (χ1n) is 9.44. The van der Waals surface area contributed by atoms with E-state index in [0.29, 0.717) is 29.0 Å². The van der Waals surface area contributed by atoms with E-state index >= 15 is 0 Å². The number of rotatable bonds is 4. The van der Waals surface area contributed by atoms with Crippen molar-refractivity contribution in [2.75, 3.05) is 7.11 Å². The van der Waals surface area contributed by atoms with Crippen LogP contribution in [0, 0.1) is 17.5 Å². The van der Waals surface area contributed by atoms with Gasteiger partial charge in [0.2, 0.25) is 0 Å². The van der Waals surface area contributed by atoms with Crippen molar-refractivity contribution in [3.63, 3.8) is 0 Å². The van der Waals surface area contributed by atoms with Crippen molar-refractivity contribution in [2.45, 2.75) is 12.6 Å². The van der Waals surface area contributed by atoms with Gasteiger partial charge in [0.05, 0.1) is 18.2 Å². The fourth-order valence-corrected chi connectivity index (χ4v) is 3.68. The molecule has 4 aromatic rings. The third-order valence-corrected chi connectivity index (χ3v) is 5.11. The minimum atomic E-state index is -4.64. The van der Waals surface area contributed by atoms with Crippen LogP contribution in [-0.4, -0.2) is 12.1 Å². The first kappa shape index (κ1) is 21.7. The molecule has 0 aliphatic heterocycles. The molecule has 0 fully saturated rings. The maximum absolute atomic E-state index is 14.3. The van der Waals surface area contributed by atoms with Crippen molar-refractivity contribution in [3.8, 4) is 16.9 Å². The first-order chi connectivity index (χ1) is 15.2. The molecule has 0 spiro atoms. The number of hydrogen-bond acceptors (Lipinski definition) is 2. The molecular formula is C24H15F6NO. The molecule has 0 bridgehead atoms. The highest BCUT2D eigenvalue weighted by Gasteiger charge is 2.33. The number of alkyl halides is 3. The molecule has 0 saturated carbocycles. The third kappa shape index (κ3) is 4.00. The summed E-state index contributed by atoms with van der Waals surface area (Å²) in [6.07, 6.45) is -3.83. The molecule has 2 nitrogen and oxygen atoms in total. The Balaban J connectivity index is 2.01. The number of pyridine rings is 1. The highest BCUT2D eigenvalue weighted by molar-refractivity contribution is 5.98. The average molecular weight is 447 g/mol. The molecule has 3 aromatic carbocycles. The molecular weight excluding hydrogens is 432 g/mol. The van der Waals surface area contributed by atoms with Gasteiger partial charge in [0.15, 0.2) is 0 Å². The Bertz CT molecular complexity index is 1290. The smallest absolute Gasteiger partial charge is 0.418 e. The summed E-state index contributed by atoms with van der Waals surface area (Å²) >= 11 is 0. The van der Waals surface area contributed by atoms with Gasteiger partial charge in [-0.25, -0.2) is 13.2 Å². The lowest BCUT2D eigenvalue weighted by atomic mass is 9.91. The van der Waals surface area contributed by atoms with Gasteiger partial charge in [-0.05, 0) is 34.9 Å². The van der Waals surface area contributed by atoms with Gasteiger partial charge in [-0.1, -0.05) is 24.3 Å². The highest BCUT2D eigenvalue weighted by Crippen LogP contribution is 2.39. The molecule has 0 N–H and O–H groups in total. The van der Waals surface area contributed by atoms with Crippen molar-refractivity contribution < 1.29 is 31.1 Å². The summed E-state index contributed by atoms with van der Waals surface area (Å²) in [7, 11) is 1.44. The number of para-hydroxylation sites is 1. The third-order valence-electron chi connectivity index (χ3n) is 5.11. The topological polar surface area (TPSA) is 22.1 Å². The van der Waals surface area contributed by atoms with Gasteiger partial charge in [-0.15, -0.1) is 0 Å². The number of nitrogens with zero attached hydrogens (tertiary/aromatic N) is 1. The fraction of sp³-hybridized carbons (Fsp3) is 0.125. The van der Waals surface area contributed by atoms with Crippen LogP contribution in [0.1, 0.15) is 16.7 Å². The van der Waals surface area contributed by atoms with E-state index in [9.17, 15) is 26.3 Å². The molecule has 4 rings (SSSR count). The van der Waals surface area contributed by atoms with E-state index in [0.717, 1.165) is 12.3 Å². The van der Waals surface area contributed by atoms with Crippen LogP contribution in [0.3, 0.4) is 0 Å². The zero-order chi connectivity index (χ0) is 23.0. The van der Waals surface area contributed by atoms with Gasteiger partial charge in [0.1, 0.15) is 23.2 Å². The molecule has 8 heteroatoms. The lowest BCUT2D eigenvalue weighted by Crippen LogP contribution is -2.08. The van der Waals surface area contributed by atoms with Crippen LogP contribution in [0.4, 0.5) is 26.3 Å². The summed E-state index contributed by atoms with van der Waals surface area (Å²) in [5, 5.41) is 0.161. The second kappa shape index (κ2) is 8.18. The summed E-state index contributed by atoms with van der Waals surface area (Å²) in [6, 6.07) is 11.3. The normalized spacial score (nSPS) is 11.7. The standard InChI is InChI=1S/C24H15F6NO/c1-32-16-5-2-4-13(8-16)22-14(9-18-20(26)10-15(25)11-21(18)27)12-31-23-17(22)6-3-7-19(23)24(28,29)30/h2-8,10-12H,9H2,1H3. The summed E-state index contributed by atoms with van der Waals surface area (Å²) in [5.74, 6) is -2.81. The Kier molecular flexibility index (Phi) is 5.54. The van der Waals surface area contributed by atoms with Crippen molar-refractivity contribution in [2.24, 2.45) is 0 Å². The molecule has 0 saturated heterocycles. The van der Waals surface area contributed by atoms with Gasteiger partial charge in [-0.3, -0.25) is 4.98 Å².